The summed E-state index contributed by atoms with van der Waals surface area (Å²) < 4.78 is 0. The lowest BCUT2D eigenvalue weighted by Gasteiger charge is -2.15. The predicted octanol–water partition coefficient (Wildman–Crippen LogP) is 5.59. The van der Waals surface area contributed by atoms with Crippen LogP contribution in [-0.2, 0) is 5.75 Å². The van der Waals surface area contributed by atoms with E-state index in [1.54, 1.807) is 0 Å². The molecule has 0 atom stereocenters. The van der Waals surface area contributed by atoms with Crippen LogP contribution < -0.4 is 0 Å². The Kier molecular flexibility index (Phi) is 2.27. The van der Waals surface area contributed by atoms with Crippen molar-refractivity contribution in [2.24, 2.45) is 0 Å². The third kappa shape index (κ3) is 1.54. The first-order chi connectivity index (χ1) is 10.4. The van der Waals surface area contributed by atoms with Crippen LogP contribution in [0.1, 0.15) is 5.56 Å². The Labute approximate surface area is 127 Å². The fraction of sp³-hybridized carbons (Fsp3) is 0.0526. The molecule has 0 saturated heterocycles. The molecule has 2 heterocycles. The fourth-order valence-corrected chi connectivity index (χ4v) is 4.45. The van der Waals surface area contributed by atoms with Crippen LogP contribution in [-0.4, -0.2) is 4.98 Å². The van der Waals surface area contributed by atoms with Gasteiger partial charge in [0.05, 0.1) is 5.69 Å². The van der Waals surface area contributed by atoms with Crippen molar-refractivity contribution >= 4 is 33.4 Å². The van der Waals surface area contributed by atoms with Gasteiger partial charge in [0.1, 0.15) is 0 Å². The first kappa shape index (κ1) is 11.5. The molecule has 0 unspecified atom stereocenters. The van der Waals surface area contributed by atoms with Gasteiger partial charge in [0.2, 0.25) is 0 Å². The summed E-state index contributed by atoms with van der Waals surface area (Å²) in [5, 5.41) is 4.06. The van der Waals surface area contributed by atoms with E-state index in [1.807, 2.05) is 11.8 Å². The smallest absolute Gasteiger partial charge is 0.0517 e. The zero-order valence-corrected chi connectivity index (χ0v) is 12.2. The topological polar surface area (TPSA) is 15.8 Å². The molecular formula is C19H13NS. The highest BCUT2D eigenvalue weighted by molar-refractivity contribution is 7.98. The molecule has 21 heavy (non-hydrogen) atoms. The van der Waals surface area contributed by atoms with Crippen molar-refractivity contribution in [1.82, 2.24) is 4.98 Å². The zero-order chi connectivity index (χ0) is 13.8. The minimum Gasteiger partial charge on any atom is -0.354 e. The maximum atomic E-state index is 3.65. The molecule has 100 valence electrons. The Bertz CT molecular complexity index is 997. The fourth-order valence-electron chi connectivity index (χ4n) is 3.36. The number of thioether (sulfide) groups is 1. The van der Waals surface area contributed by atoms with Gasteiger partial charge in [-0.3, -0.25) is 0 Å². The molecule has 0 saturated carbocycles. The summed E-state index contributed by atoms with van der Waals surface area (Å²) in [6.07, 6.45) is 0. The number of benzene rings is 3. The highest BCUT2D eigenvalue weighted by Gasteiger charge is 2.21. The lowest BCUT2D eigenvalue weighted by molar-refractivity contribution is 1.30. The van der Waals surface area contributed by atoms with Crippen LogP contribution in [0.5, 0.6) is 0 Å². The number of fused-ring (bicyclic) bond motifs is 7. The van der Waals surface area contributed by atoms with Gasteiger partial charge >= 0.3 is 0 Å². The maximum Gasteiger partial charge on any atom is 0.0517 e. The Morgan fingerprint density at radius 1 is 0.857 bits per heavy atom. The van der Waals surface area contributed by atoms with Crippen molar-refractivity contribution in [2.75, 3.05) is 0 Å². The van der Waals surface area contributed by atoms with Crippen molar-refractivity contribution in [1.29, 1.82) is 0 Å². The van der Waals surface area contributed by atoms with Crippen LogP contribution >= 0.6 is 11.8 Å². The van der Waals surface area contributed by atoms with Crippen LogP contribution in [0.15, 0.2) is 65.6 Å². The Hall–Kier alpha value is -2.19. The molecule has 0 spiro atoms. The van der Waals surface area contributed by atoms with Gasteiger partial charge in [-0.2, -0.15) is 0 Å². The first-order valence-corrected chi connectivity index (χ1v) is 8.15. The minimum absolute atomic E-state index is 1.04. The second-order valence-electron chi connectivity index (χ2n) is 5.47. The number of rotatable bonds is 0. The lowest BCUT2D eigenvalue weighted by Crippen LogP contribution is -1.93. The van der Waals surface area contributed by atoms with E-state index in [0.29, 0.717) is 0 Å². The molecule has 1 aliphatic rings. The van der Waals surface area contributed by atoms with Gasteiger partial charge in [0.25, 0.3) is 0 Å². The van der Waals surface area contributed by atoms with E-state index >= 15 is 0 Å². The van der Waals surface area contributed by atoms with E-state index in [1.165, 1.54) is 43.4 Å². The molecule has 1 aromatic heterocycles. The molecule has 5 rings (SSSR count). The lowest BCUT2D eigenvalue weighted by atomic mass is 10.0. The highest BCUT2D eigenvalue weighted by atomic mass is 32.2. The van der Waals surface area contributed by atoms with E-state index in [4.69, 9.17) is 0 Å². The van der Waals surface area contributed by atoms with Crippen molar-refractivity contribution in [3.63, 3.8) is 0 Å². The molecule has 0 radical (unpaired) electrons. The summed E-state index contributed by atoms with van der Waals surface area (Å²) in [4.78, 5) is 5.03. The number of H-pyrrole nitrogens is 1. The number of hydrogen-bond donors (Lipinski definition) is 1. The SMILES string of the molecule is c1ccc2c(c1)SCc1c-2[nH]c2ccc3ccccc3c12. The predicted molar refractivity (Wildman–Crippen MR) is 90.8 cm³/mol. The van der Waals surface area contributed by atoms with Gasteiger partial charge in [-0.1, -0.05) is 48.5 Å². The largest absolute Gasteiger partial charge is 0.354 e. The van der Waals surface area contributed by atoms with Gasteiger partial charge in [0.15, 0.2) is 0 Å². The summed E-state index contributed by atoms with van der Waals surface area (Å²) in [6, 6.07) is 21.8. The van der Waals surface area contributed by atoms with Crippen LogP contribution in [0.25, 0.3) is 32.9 Å². The number of nitrogens with one attached hydrogen (secondary N) is 1. The Morgan fingerprint density at radius 2 is 1.71 bits per heavy atom. The van der Waals surface area contributed by atoms with E-state index in [0.717, 1.165) is 5.75 Å². The second-order valence-corrected chi connectivity index (χ2v) is 6.49. The normalized spacial score (nSPS) is 13.3. The first-order valence-electron chi connectivity index (χ1n) is 7.16. The molecule has 1 aliphatic heterocycles. The standard InChI is InChI=1S/C19H13NS/c1-2-6-13-12(5-1)9-10-16-18(13)15-11-21-17-8-4-3-7-14(17)19(15)20-16/h1-10,20H,11H2. The third-order valence-electron chi connectivity index (χ3n) is 4.32. The summed E-state index contributed by atoms with van der Waals surface area (Å²) in [5.41, 5.74) is 5.33. The van der Waals surface area contributed by atoms with Gasteiger partial charge in [-0.25, -0.2) is 0 Å². The molecule has 0 fully saturated rings. The van der Waals surface area contributed by atoms with Crippen molar-refractivity contribution in [3.8, 4) is 11.3 Å². The Balaban J connectivity index is 1.95. The van der Waals surface area contributed by atoms with Crippen LogP contribution in [0.3, 0.4) is 0 Å². The summed E-state index contributed by atoms with van der Waals surface area (Å²) >= 11 is 1.94. The molecular weight excluding hydrogens is 274 g/mol. The van der Waals surface area contributed by atoms with Gasteiger partial charge < -0.3 is 4.98 Å². The van der Waals surface area contributed by atoms with Crippen LogP contribution in [0.4, 0.5) is 0 Å². The molecule has 3 aromatic carbocycles. The molecule has 4 aromatic rings. The summed E-state index contributed by atoms with van der Waals surface area (Å²) in [6.45, 7) is 0. The zero-order valence-electron chi connectivity index (χ0n) is 11.4. The van der Waals surface area contributed by atoms with E-state index in [2.05, 4.69) is 65.6 Å². The van der Waals surface area contributed by atoms with E-state index in [9.17, 15) is 0 Å². The van der Waals surface area contributed by atoms with Gasteiger partial charge in [-0.15, -0.1) is 11.8 Å². The van der Waals surface area contributed by atoms with Crippen molar-refractivity contribution in [2.45, 2.75) is 10.6 Å². The van der Waals surface area contributed by atoms with Crippen molar-refractivity contribution in [3.05, 3.63) is 66.2 Å². The number of hydrogen-bond acceptors (Lipinski definition) is 1. The quantitative estimate of drug-likeness (QED) is 0.445. The Morgan fingerprint density at radius 3 is 2.71 bits per heavy atom. The number of aromatic amines is 1. The van der Waals surface area contributed by atoms with Gasteiger partial charge in [0, 0.05) is 27.1 Å². The van der Waals surface area contributed by atoms with Crippen LogP contribution in [0, 0.1) is 0 Å². The average molecular weight is 287 g/mol. The molecule has 0 aliphatic carbocycles. The summed E-state index contributed by atoms with van der Waals surface area (Å²) in [7, 11) is 0. The van der Waals surface area contributed by atoms with E-state index < -0.39 is 0 Å². The molecule has 0 amide bonds. The average Bonchev–Trinajstić information content (AvgIpc) is 2.94. The number of aromatic nitrogens is 1. The molecule has 0 bridgehead atoms. The summed E-state index contributed by atoms with van der Waals surface area (Å²) in [5.74, 6) is 1.04. The minimum atomic E-state index is 1.04. The highest BCUT2D eigenvalue weighted by Crippen LogP contribution is 2.45. The second kappa shape index (κ2) is 4.15. The maximum absolute atomic E-state index is 3.65. The van der Waals surface area contributed by atoms with Crippen LogP contribution in [0.2, 0.25) is 0 Å². The molecule has 1 nitrogen and oxygen atoms in total. The molecule has 1 N–H and O–H groups in total. The molecule has 2 heteroatoms. The van der Waals surface area contributed by atoms with Gasteiger partial charge in [-0.05, 0) is 28.5 Å². The monoisotopic (exact) mass is 287 g/mol. The van der Waals surface area contributed by atoms with Crippen molar-refractivity contribution < 1.29 is 0 Å². The third-order valence-corrected chi connectivity index (χ3v) is 5.42. The van der Waals surface area contributed by atoms with E-state index in [-0.39, 0.29) is 0 Å².